The lowest BCUT2D eigenvalue weighted by atomic mass is 9.97. The number of nitrogens with zero attached hydrogens (tertiary/aromatic N) is 3. The van der Waals surface area contributed by atoms with Crippen molar-refractivity contribution in [1.29, 1.82) is 0 Å². The summed E-state index contributed by atoms with van der Waals surface area (Å²) < 4.78 is 5.23. The maximum absolute atomic E-state index is 13.0. The Bertz CT molecular complexity index is 693. The molecule has 6 nitrogen and oxygen atoms in total. The average Bonchev–Trinajstić information content (AvgIpc) is 2.87. The van der Waals surface area contributed by atoms with Gasteiger partial charge in [0.1, 0.15) is 0 Å². The second-order valence-corrected chi connectivity index (χ2v) is 6.08. The van der Waals surface area contributed by atoms with Gasteiger partial charge in [-0.05, 0) is 52.3 Å². The number of piperidine rings is 1. The van der Waals surface area contributed by atoms with E-state index in [1.807, 2.05) is 31.9 Å². The number of aryl methyl sites for hydroxylation is 2. The molecule has 0 aliphatic carbocycles. The van der Waals surface area contributed by atoms with Gasteiger partial charge in [0.25, 0.3) is 11.6 Å². The van der Waals surface area contributed by atoms with Crippen molar-refractivity contribution in [2.24, 2.45) is 5.92 Å². The Morgan fingerprint density at radius 3 is 3.09 bits per heavy atom. The third kappa shape index (κ3) is 2.70. The van der Waals surface area contributed by atoms with Gasteiger partial charge in [0.05, 0.1) is 16.6 Å². The van der Waals surface area contributed by atoms with Crippen LogP contribution in [0.3, 0.4) is 0 Å². The number of hydrogen-bond acceptors (Lipinski definition) is 5. The highest BCUT2D eigenvalue weighted by atomic mass is 16.5. The third-order valence-electron chi connectivity index (χ3n) is 4.27. The van der Waals surface area contributed by atoms with E-state index in [9.17, 15) is 4.79 Å². The Morgan fingerprint density at radius 1 is 1.50 bits per heavy atom. The number of aromatic nitrogens is 2. The van der Waals surface area contributed by atoms with Gasteiger partial charge in [-0.3, -0.25) is 4.79 Å². The molecule has 0 bridgehead atoms. The van der Waals surface area contributed by atoms with E-state index in [4.69, 9.17) is 4.52 Å². The van der Waals surface area contributed by atoms with Crippen LogP contribution < -0.4 is 5.32 Å². The van der Waals surface area contributed by atoms with Crippen molar-refractivity contribution in [3.05, 3.63) is 23.0 Å². The molecule has 0 saturated carbocycles. The highest BCUT2D eigenvalue weighted by Crippen LogP contribution is 2.25. The van der Waals surface area contributed by atoms with Crippen LogP contribution >= 0.6 is 0 Å². The van der Waals surface area contributed by atoms with E-state index in [0.29, 0.717) is 17.2 Å². The smallest absolute Gasteiger partial charge is 0.258 e. The second kappa shape index (κ2) is 6.04. The third-order valence-corrected chi connectivity index (χ3v) is 4.27. The summed E-state index contributed by atoms with van der Waals surface area (Å²) in [6.45, 7) is 6.27. The first-order valence-corrected chi connectivity index (χ1v) is 7.77. The predicted octanol–water partition coefficient (Wildman–Crippen LogP) is 1.91. The Balaban J connectivity index is 1.93. The highest BCUT2D eigenvalue weighted by Gasteiger charge is 2.27. The zero-order chi connectivity index (χ0) is 15.7. The van der Waals surface area contributed by atoms with E-state index >= 15 is 0 Å². The number of nitrogens with one attached hydrogen (secondary N) is 1. The van der Waals surface area contributed by atoms with Crippen LogP contribution in [0.15, 0.2) is 10.6 Å². The molecule has 1 fully saturated rings. The molecule has 1 saturated heterocycles. The van der Waals surface area contributed by atoms with Gasteiger partial charge in [0.15, 0.2) is 0 Å². The average molecular weight is 302 g/mol. The van der Waals surface area contributed by atoms with Crippen molar-refractivity contribution in [3.8, 4) is 0 Å². The van der Waals surface area contributed by atoms with Gasteiger partial charge in [-0.1, -0.05) is 5.16 Å². The summed E-state index contributed by atoms with van der Waals surface area (Å²) in [5.74, 6) is 0.576. The number of carbonyl (C=O) groups is 1. The van der Waals surface area contributed by atoms with Crippen molar-refractivity contribution < 1.29 is 9.32 Å². The molecular formula is C16H22N4O2. The van der Waals surface area contributed by atoms with Crippen LogP contribution in [0.5, 0.6) is 0 Å². The van der Waals surface area contributed by atoms with Gasteiger partial charge in [0, 0.05) is 18.8 Å². The predicted molar refractivity (Wildman–Crippen MR) is 83.8 cm³/mol. The molecule has 118 valence electrons. The standard InChI is InChI=1S/C16H22N4O2/c1-10-7-13(14-11(2)19-22-15(14)18-10)16(21)20-6-4-5-12(9-20)8-17-3/h7,12,17H,4-6,8-9H2,1-3H3. The number of carbonyl (C=O) groups excluding carboxylic acids is 1. The Hall–Kier alpha value is -1.95. The minimum atomic E-state index is 0.0580. The van der Waals surface area contributed by atoms with Gasteiger partial charge in [-0.2, -0.15) is 0 Å². The minimum Gasteiger partial charge on any atom is -0.338 e. The van der Waals surface area contributed by atoms with E-state index in [-0.39, 0.29) is 5.91 Å². The topological polar surface area (TPSA) is 71.3 Å². The first-order valence-electron chi connectivity index (χ1n) is 7.77. The van der Waals surface area contributed by atoms with Crippen molar-refractivity contribution in [2.75, 3.05) is 26.7 Å². The molecule has 0 radical (unpaired) electrons. The molecule has 3 rings (SSSR count). The molecule has 1 atom stereocenters. The summed E-state index contributed by atoms with van der Waals surface area (Å²) in [7, 11) is 1.96. The molecule has 22 heavy (non-hydrogen) atoms. The van der Waals surface area contributed by atoms with Crippen molar-refractivity contribution in [1.82, 2.24) is 20.4 Å². The van der Waals surface area contributed by atoms with E-state index < -0.39 is 0 Å². The van der Waals surface area contributed by atoms with Gasteiger partial charge >= 0.3 is 0 Å². The summed E-state index contributed by atoms with van der Waals surface area (Å²) in [4.78, 5) is 19.2. The molecule has 3 heterocycles. The molecule has 0 aromatic carbocycles. The monoisotopic (exact) mass is 302 g/mol. The number of rotatable bonds is 3. The summed E-state index contributed by atoms with van der Waals surface area (Å²) in [5.41, 5.74) is 2.60. The van der Waals surface area contributed by atoms with Crippen LogP contribution in [-0.2, 0) is 0 Å². The zero-order valence-corrected chi connectivity index (χ0v) is 13.3. The van der Waals surface area contributed by atoms with Gasteiger partial charge in [-0.15, -0.1) is 0 Å². The molecule has 1 aliphatic heterocycles. The second-order valence-electron chi connectivity index (χ2n) is 6.08. The SMILES string of the molecule is CNCC1CCCN(C(=O)c2cc(C)nc3onc(C)c23)C1. The number of amides is 1. The number of pyridine rings is 1. The van der Waals surface area contributed by atoms with Crippen molar-refractivity contribution in [2.45, 2.75) is 26.7 Å². The van der Waals surface area contributed by atoms with Crippen LogP contribution in [-0.4, -0.2) is 47.6 Å². The Kier molecular flexibility index (Phi) is 4.11. The first kappa shape index (κ1) is 15.0. The lowest BCUT2D eigenvalue weighted by Gasteiger charge is -2.33. The molecule has 1 unspecified atom stereocenters. The van der Waals surface area contributed by atoms with E-state index in [2.05, 4.69) is 15.5 Å². The summed E-state index contributed by atoms with van der Waals surface area (Å²) in [5, 5.41) is 7.90. The fraction of sp³-hybridized carbons (Fsp3) is 0.562. The maximum Gasteiger partial charge on any atom is 0.258 e. The summed E-state index contributed by atoms with van der Waals surface area (Å²) in [6, 6.07) is 1.84. The van der Waals surface area contributed by atoms with Crippen LogP contribution in [0.2, 0.25) is 0 Å². The molecule has 6 heteroatoms. The van der Waals surface area contributed by atoms with Gasteiger partial charge in [-0.25, -0.2) is 4.98 Å². The highest BCUT2D eigenvalue weighted by molar-refractivity contribution is 6.06. The van der Waals surface area contributed by atoms with E-state index in [1.54, 1.807) is 0 Å². The fourth-order valence-corrected chi connectivity index (χ4v) is 3.26. The normalized spacial score (nSPS) is 18.9. The van der Waals surface area contributed by atoms with Crippen molar-refractivity contribution in [3.63, 3.8) is 0 Å². The summed E-state index contributed by atoms with van der Waals surface area (Å²) in [6.07, 6.45) is 2.22. The number of hydrogen-bond donors (Lipinski definition) is 1. The number of likely N-dealkylation sites (tertiary alicyclic amines) is 1. The molecule has 1 aliphatic rings. The Morgan fingerprint density at radius 2 is 2.32 bits per heavy atom. The fourth-order valence-electron chi connectivity index (χ4n) is 3.26. The first-order chi connectivity index (χ1) is 10.6. The van der Waals surface area contributed by atoms with Crippen LogP contribution in [0.25, 0.3) is 11.1 Å². The van der Waals surface area contributed by atoms with Crippen LogP contribution in [0, 0.1) is 19.8 Å². The van der Waals surface area contributed by atoms with Gasteiger partial charge in [0.2, 0.25) is 0 Å². The van der Waals surface area contributed by atoms with E-state index in [0.717, 1.165) is 42.8 Å². The molecule has 1 N–H and O–H groups in total. The van der Waals surface area contributed by atoms with Crippen LogP contribution in [0.4, 0.5) is 0 Å². The Labute approximate surface area is 129 Å². The molecule has 0 spiro atoms. The molecule has 1 amide bonds. The molecule has 2 aromatic heterocycles. The summed E-state index contributed by atoms with van der Waals surface area (Å²) >= 11 is 0. The van der Waals surface area contributed by atoms with E-state index in [1.165, 1.54) is 6.42 Å². The maximum atomic E-state index is 13.0. The largest absolute Gasteiger partial charge is 0.338 e. The molecular weight excluding hydrogens is 280 g/mol. The quantitative estimate of drug-likeness (QED) is 0.938. The van der Waals surface area contributed by atoms with Crippen LogP contribution in [0.1, 0.15) is 34.6 Å². The molecule has 2 aromatic rings. The van der Waals surface area contributed by atoms with Crippen molar-refractivity contribution >= 4 is 17.0 Å². The lowest BCUT2D eigenvalue weighted by Crippen LogP contribution is -2.42. The number of fused-ring (bicyclic) bond motifs is 1. The lowest BCUT2D eigenvalue weighted by molar-refractivity contribution is 0.0676. The zero-order valence-electron chi connectivity index (χ0n) is 13.3. The van der Waals surface area contributed by atoms with Gasteiger partial charge < -0.3 is 14.7 Å². The minimum absolute atomic E-state index is 0.0580.